The molecule has 3 fully saturated rings. The zero-order valence-corrected chi connectivity index (χ0v) is 22.2. The molecule has 0 aromatic heterocycles. The predicted octanol–water partition coefficient (Wildman–Crippen LogP) is 3.25. The number of rotatable bonds is 12. The van der Waals surface area contributed by atoms with Crippen molar-refractivity contribution in [2.24, 2.45) is 17.8 Å². The summed E-state index contributed by atoms with van der Waals surface area (Å²) in [6.07, 6.45) is 5.59. The third kappa shape index (κ3) is 4.41. The van der Waals surface area contributed by atoms with Gasteiger partial charge in [0.15, 0.2) is 0 Å². The molecule has 192 valence electrons. The van der Waals surface area contributed by atoms with Crippen LogP contribution in [0.2, 0.25) is 0 Å². The normalized spacial score (nSPS) is 32.7. The van der Waals surface area contributed by atoms with Gasteiger partial charge < -0.3 is 19.6 Å². The van der Waals surface area contributed by atoms with Gasteiger partial charge in [-0.1, -0.05) is 33.3 Å². The molecule has 0 aromatic rings. The number of fused-ring (bicyclic) bond motifs is 1. The fraction of sp³-hybridized carbons (Fsp3) is 0.808. The zero-order chi connectivity index (χ0) is 25.3. The van der Waals surface area contributed by atoms with Crippen LogP contribution < -0.4 is 0 Å². The van der Waals surface area contributed by atoms with Gasteiger partial charge in [-0.3, -0.25) is 14.4 Å². The van der Waals surface area contributed by atoms with E-state index in [-0.39, 0.29) is 36.9 Å². The lowest BCUT2D eigenvalue weighted by molar-refractivity contribution is -0.155. The molecule has 0 saturated carbocycles. The molecule has 0 radical (unpaired) electrons. The fourth-order valence-corrected chi connectivity index (χ4v) is 8.74. The van der Waals surface area contributed by atoms with E-state index in [0.717, 1.165) is 19.3 Å². The minimum Gasteiger partial charge on any atom is -0.466 e. The van der Waals surface area contributed by atoms with Crippen molar-refractivity contribution in [3.8, 4) is 0 Å². The van der Waals surface area contributed by atoms with Crippen LogP contribution in [0.4, 0.5) is 0 Å². The van der Waals surface area contributed by atoms with Crippen molar-refractivity contribution in [2.45, 2.75) is 88.3 Å². The molecule has 3 rings (SSSR count). The summed E-state index contributed by atoms with van der Waals surface area (Å²) in [6, 6.07) is -1.17. The van der Waals surface area contributed by atoms with Crippen LogP contribution in [0.3, 0.4) is 0 Å². The monoisotopic (exact) mass is 494 g/mol. The third-order valence-corrected chi connectivity index (χ3v) is 9.77. The summed E-state index contributed by atoms with van der Waals surface area (Å²) in [7, 11) is 0. The molecule has 3 heterocycles. The zero-order valence-electron chi connectivity index (χ0n) is 21.4. The molecule has 1 spiro atoms. The number of unbranched alkanes of at least 4 members (excludes halogenated alkanes) is 1. The molecule has 8 heteroatoms. The van der Waals surface area contributed by atoms with Gasteiger partial charge >= 0.3 is 5.97 Å². The Balaban J connectivity index is 2.11. The molecule has 0 aromatic carbocycles. The molecular weight excluding hydrogens is 452 g/mol. The molecule has 3 aliphatic heterocycles. The van der Waals surface area contributed by atoms with Gasteiger partial charge in [0, 0.05) is 17.8 Å². The molecule has 34 heavy (non-hydrogen) atoms. The highest BCUT2D eigenvalue weighted by Crippen LogP contribution is 2.71. The minimum absolute atomic E-state index is 0.0901. The Morgan fingerprint density at radius 3 is 2.62 bits per heavy atom. The van der Waals surface area contributed by atoms with Crippen molar-refractivity contribution in [3.63, 3.8) is 0 Å². The SMILES string of the molecule is C=CCN(CCCC)C(=O)C1N([C@@H](CO)CC(C)C)C(=O)[C@@H]2[C@@H](C(=O)OCC)[C@@]3(C)CCC12S3. The van der Waals surface area contributed by atoms with Crippen LogP contribution >= 0.6 is 11.8 Å². The van der Waals surface area contributed by atoms with Crippen molar-refractivity contribution in [1.82, 2.24) is 9.80 Å². The van der Waals surface area contributed by atoms with E-state index in [9.17, 15) is 19.5 Å². The number of hydrogen-bond acceptors (Lipinski definition) is 6. The first-order valence-electron chi connectivity index (χ1n) is 12.8. The summed E-state index contributed by atoms with van der Waals surface area (Å²) >= 11 is 1.65. The van der Waals surface area contributed by atoms with Crippen molar-refractivity contribution in [2.75, 3.05) is 26.3 Å². The van der Waals surface area contributed by atoms with Crippen LogP contribution in [-0.4, -0.2) is 80.6 Å². The second-order valence-electron chi connectivity index (χ2n) is 10.6. The highest BCUT2D eigenvalue weighted by atomic mass is 32.2. The topological polar surface area (TPSA) is 87.2 Å². The lowest BCUT2D eigenvalue weighted by Gasteiger charge is -2.40. The first kappa shape index (κ1) is 27.1. The number of carbonyl (C=O) groups excluding carboxylic acids is 3. The standard InChI is InChI=1S/C26H42N2O5S/c1-7-10-14-27(13-8-2)23(31)21-26-12-11-25(6,34-26)20(24(32)33-9-3)19(26)22(30)28(21)18(16-29)15-17(4)5/h8,17-21,29H,2,7,9-16H2,1,3-6H3/t18-,19+,20+,21?,25-,26?/m1/s1. The van der Waals surface area contributed by atoms with Gasteiger partial charge in [-0.2, -0.15) is 0 Å². The van der Waals surface area contributed by atoms with E-state index >= 15 is 0 Å². The van der Waals surface area contributed by atoms with Crippen LogP contribution in [0, 0.1) is 17.8 Å². The van der Waals surface area contributed by atoms with Crippen LogP contribution in [0.1, 0.15) is 66.7 Å². The third-order valence-electron chi connectivity index (χ3n) is 7.78. The van der Waals surface area contributed by atoms with E-state index in [0.29, 0.717) is 25.9 Å². The molecule has 3 aliphatic rings. The molecular formula is C26H42N2O5S. The number of aliphatic hydroxyl groups is 1. The van der Waals surface area contributed by atoms with E-state index in [4.69, 9.17) is 4.74 Å². The van der Waals surface area contributed by atoms with E-state index in [1.807, 2.05) is 20.8 Å². The molecule has 7 nitrogen and oxygen atoms in total. The molecule has 1 N–H and O–H groups in total. The van der Waals surface area contributed by atoms with Gasteiger partial charge in [-0.05, 0) is 45.4 Å². The van der Waals surface area contributed by atoms with E-state index < -0.39 is 33.4 Å². The predicted molar refractivity (Wildman–Crippen MR) is 134 cm³/mol. The largest absolute Gasteiger partial charge is 0.466 e. The number of nitrogens with zero attached hydrogens (tertiary/aromatic N) is 2. The maximum Gasteiger partial charge on any atom is 0.311 e. The molecule has 2 bridgehead atoms. The number of thioether (sulfide) groups is 1. The lowest BCUT2D eigenvalue weighted by atomic mass is 9.66. The summed E-state index contributed by atoms with van der Waals surface area (Å²) < 4.78 is 4.32. The van der Waals surface area contributed by atoms with Gasteiger partial charge in [0.05, 0.1) is 35.8 Å². The number of carbonyl (C=O) groups is 3. The van der Waals surface area contributed by atoms with Crippen molar-refractivity contribution in [3.05, 3.63) is 12.7 Å². The van der Waals surface area contributed by atoms with Crippen molar-refractivity contribution in [1.29, 1.82) is 0 Å². The average Bonchev–Trinajstić information content (AvgIpc) is 3.35. The number of likely N-dealkylation sites (tertiary alicyclic amines) is 1. The van der Waals surface area contributed by atoms with Gasteiger partial charge in [-0.15, -0.1) is 18.3 Å². The Bertz CT molecular complexity index is 804. The highest BCUT2D eigenvalue weighted by molar-refractivity contribution is 8.02. The Labute approximate surface area is 208 Å². The quantitative estimate of drug-likeness (QED) is 0.331. The maximum atomic E-state index is 14.2. The smallest absolute Gasteiger partial charge is 0.311 e. The first-order chi connectivity index (χ1) is 16.1. The Morgan fingerprint density at radius 1 is 1.35 bits per heavy atom. The number of aliphatic hydroxyl groups excluding tert-OH is 1. The summed E-state index contributed by atoms with van der Waals surface area (Å²) in [6.45, 7) is 14.9. The molecule has 0 aliphatic carbocycles. The fourth-order valence-electron chi connectivity index (χ4n) is 6.42. The molecule has 3 saturated heterocycles. The van der Waals surface area contributed by atoms with Gasteiger partial charge in [0.2, 0.25) is 11.8 Å². The average molecular weight is 495 g/mol. The van der Waals surface area contributed by atoms with Crippen molar-refractivity contribution >= 4 is 29.5 Å². The van der Waals surface area contributed by atoms with Gasteiger partial charge in [0.1, 0.15) is 6.04 Å². The second kappa shape index (κ2) is 10.6. The van der Waals surface area contributed by atoms with Crippen LogP contribution in [-0.2, 0) is 19.1 Å². The summed E-state index contributed by atoms with van der Waals surface area (Å²) in [5.41, 5.74) is 0. The van der Waals surface area contributed by atoms with E-state index in [1.165, 1.54) is 0 Å². The van der Waals surface area contributed by atoms with Crippen molar-refractivity contribution < 1.29 is 24.2 Å². The maximum absolute atomic E-state index is 14.2. The number of esters is 1. The van der Waals surface area contributed by atoms with Crippen LogP contribution in [0.25, 0.3) is 0 Å². The Morgan fingerprint density at radius 2 is 2.06 bits per heavy atom. The first-order valence-corrected chi connectivity index (χ1v) is 13.6. The van der Waals surface area contributed by atoms with E-state index in [1.54, 1.807) is 34.6 Å². The van der Waals surface area contributed by atoms with Gasteiger partial charge in [0.25, 0.3) is 0 Å². The summed E-state index contributed by atoms with van der Waals surface area (Å²) in [4.78, 5) is 44.9. The number of amides is 2. The van der Waals surface area contributed by atoms with E-state index in [2.05, 4.69) is 13.5 Å². The summed E-state index contributed by atoms with van der Waals surface area (Å²) in [5, 5.41) is 10.3. The Kier molecular flexibility index (Phi) is 8.44. The molecule has 2 unspecified atom stereocenters. The van der Waals surface area contributed by atoms with Crippen LogP contribution in [0.15, 0.2) is 12.7 Å². The minimum atomic E-state index is -0.705. The second-order valence-corrected chi connectivity index (χ2v) is 12.5. The summed E-state index contributed by atoms with van der Waals surface area (Å²) in [5.74, 6) is -1.56. The highest BCUT2D eigenvalue weighted by Gasteiger charge is 2.78. The molecule has 2 amide bonds. The van der Waals surface area contributed by atoms with Crippen LogP contribution in [0.5, 0.6) is 0 Å². The number of ether oxygens (including phenoxy) is 1. The lowest BCUT2D eigenvalue weighted by Crippen LogP contribution is -2.57. The Hall–Kier alpha value is -1.54. The molecule has 6 atom stereocenters. The van der Waals surface area contributed by atoms with Gasteiger partial charge in [-0.25, -0.2) is 0 Å². The number of hydrogen-bond donors (Lipinski definition) is 1.